The summed E-state index contributed by atoms with van der Waals surface area (Å²) in [4.78, 5) is 26.7. The first-order chi connectivity index (χ1) is 8.52. The number of amides is 1. The summed E-state index contributed by atoms with van der Waals surface area (Å²) in [5.74, 6) is -1.000. The maximum absolute atomic E-state index is 11.0. The molecule has 0 aliphatic rings. The summed E-state index contributed by atoms with van der Waals surface area (Å²) in [5, 5.41) is 12.4. The summed E-state index contributed by atoms with van der Waals surface area (Å²) < 4.78 is 2.82. The number of aliphatic carboxylic acids is 1. The molecule has 0 saturated heterocycles. The van der Waals surface area contributed by atoms with E-state index in [4.69, 9.17) is 5.11 Å². The van der Waals surface area contributed by atoms with E-state index >= 15 is 0 Å². The fourth-order valence-corrected chi connectivity index (χ4v) is 2.62. The van der Waals surface area contributed by atoms with Gasteiger partial charge in [-0.2, -0.15) is 0 Å². The monoisotopic (exact) mass is 289 g/mol. The maximum atomic E-state index is 11.0. The molecule has 8 heteroatoms. The first-order valence-corrected chi connectivity index (χ1v) is 7.26. The smallest absolute Gasteiger partial charge is 0.321 e. The zero-order valence-corrected chi connectivity index (χ0v) is 11.7. The van der Waals surface area contributed by atoms with Crippen molar-refractivity contribution in [1.82, 2.24) is 15.0 Å². The van der Waals surface area contributed by atoms with Gasteiger partial charge in [0.05, 0.1) is 6.54 Å². The minimum Gasteiger partial charge on any atom is -0.480 e. The summed E-state index contributed by atoms with van der Waals surface area (Å²) in [6.07, 6.45) is 3.82. The molecule has 1 rings (SSSR count). The third kappa shape index (κ3) is 5.03. The lowest BCUT2D eigenvalue weighted by Gasteiger charge is -2.10. The minimum atomic E-state index is -0.888. The Labute approximate surface area is 113 Å². The minimum absolute atomic E-state index is 0.112. The number of aromatic nitrogens is 1. The molecule has 0 bridgehead atoms. The van der Waals surface area contributed by atoms with Crippen LogP contribution in [0.4, 0.5) is 0 Å². The van der Waals surface area contributed by atoms with Gasteiger partial charge < -0.3 is 10.4 Å². The summed E-state index contributed by atoms with van der Waals surface area (Å²) in [6.45, 7) is 1.82. The first-order valence-electron chi connectivity index (χ1n) is 5.22. The molecule has 0 aliphatic heterocycles. The van der Waals surface area contributed by atoms with Gasteiger partial charge in [-0.3, -0.25) is 9.59 Å². The summed E-state index contributed by atoms with van der Waals surface area (Å²) in [7, 11) is 0. The van der Waals surface area contributed by atoms with E-state index < -0.39 is 12.0 Å². The second-order valence-corrected chi connectivity index (χ2v) is 5.39. The molecule has 1 aromatic heterocycles. The van der Waals surface area contributed by atoms with E-state index in [-0.39, 0.29) is 5.91 Å². The Bertz CT molecular complexity index is 422. The van der Waals surface area contributed by atoms with E-state index in [0.717, 1.165) is 9.88 Å². The van der Waals surface area contributed by atoms with Gasteiger partial charge in [0, 0.05) is 24.4 Å². The number of carbonyl (C=O) groups is 2. The first kappa shape index (κ1) is 14.9. The third-order valence-electron chi connectivity index (χ3n) is 2.05. The lowest BCUT2D eigenvalue weighted by atomic mass is 10.2. The number of thiazole rings is 1. The predicted molar refractivity (Wildman–Crippen MR) is 71.4 cm³/mol. The van der Waals surface area contributed by atoms with Gasteiger partial charge in [0.25, 0.3) is 0 Å². The quantitative estimate of drug-likeness (QED) is 0.638. The van der Waals surface area contributed by atoms with Crippen LogP contribution in [0.25, 0.3) is 0 Å². The number of hydrogen-bond donors (Lipinski definition) is 3. The van der Waals surface area contributed by atoms with E-state index in [0.29, 0.717) is 13.0 Å². The molecule has 6 nitrogen and oxygen atoms in total. The molecule has 0 aromatic carbocycles. The van der Waals surface area contributed by atoms with Crippen molar-refractivity contribution in [1.29, 1.82) is 0 Å². The highest BCUT2D eigenvalue weighted by molar-refractivity contribution is 7.96. The number of hydrogen-bond acceptors (Lipinski definition) is 6. The van der Waals surface area contributed by atoms with Gasteiger partial charge >= 0.3 is 5.97 Å². The second-order valence-electron chi connectivity index (χ2n) is 3.55. The molecule has 1 amide bonds. The number of nitrogens with zero attached hydrogens (tertiary/aromatic N) is 1. The Morgan fingerprint density at radius 2 is 2.33 bits per heavy atom. The van der Waals surface area contributed by atoms with Crippen LogP contribution in [0.3, 0.4) is 0 Å². The van der Waals surface area contributed by atoms with E-state index in [1.165, 1.54) is 30.2 Å². The van der Waals surface area contributed by atoms with Crippen LogP contribution in [-0.2, 0) is 22.6 Å². The number of rotatable bonds is 7. The van der Waals surface area contributed by atoms with E-state index in [9.17, 15) is 9.59 Å². The number of nitrogens with one attached hydrogen (secondary N) is 2. The molecule has 1 atom stereocenters. The van der Waals surface area contributed by atoms with Gasteiger partial charge in [-0.25, -0.2) is 9.71 Å². The predicted octanol–water partition coefficient (Wildman–Crippen LogP) is 0.643. The van der Waals surface area contributed by atoms with Crippen molar-refractivity contribution in [3.05, 3.63) is 16.1 Å². The summed E-state index contributed by atoms with van der Waals surface area (Å²) in [5.41, 5.74) is 0. The van der Waals surface area contributed by atoms with Crippen molar-refractivity contribution >= 4 is 35.2 Å². The molecular weight excluding hydrogens is 274 g/mol. The van der Waals surface area contributed by atoms with Gasteiger partial charge in [-0.15, -0.1) is 11.3 Å². The van der Waals surface area contributed by atoms with E-state index in [2.05, 4.69) is 15.0 Å². The van der Waals surface area contributed by atoms with Crippen LogP contribution < -0.4 is 10.0 Å². The van der Waals surface area contributed by atoms with Crippen molar-refractivity contribution in [3.63, 3.8) is 0 Å². The van der Waals surface area contributed by atoms with Crippen LogP contribution in [-0.4, -0.2) is 34.3 Å². The Morgan fingerprint density at radius 1 is 1.61 bits per heavy atom. The molecule has 0 aliphatic carbocycles. The molecule has 1 aromatic rings. The molecule has 100 valence electrons. The molecule has 3 N–H and O–H groups in total. The lowest BCUT2D eigenvalue weighted by Crippen LogP contribution is -2.33. The van der Waals surface area contributed by atoms with Crippen molar-refractivity contribution < 1.29 is 14.7 Å². The molecule has 18 heavy (non-hydrogen) atoms. The summed E-state index contributed by atoms with van der Waals surface area (Å²) in [6, 6.07) is -0.630. The topological polar surface area (TPSA) is 91.3 Å². The molecule has 0 radical (unpaired) electrons. The van der Waals surface area contributed by atoms with Crippen LogP contribution in [0.2, 0.25) is 0 Å². The average molecular weight is 289 g/mol. The van der Waals surface area contributed by atoms with E-state index in [1.54, 1.807) is 12.5 Å². The highest BCUT2D eigenvalue weighted by Crippen LogP contribution is 2.15. The van der Waals surface area contributed by atoms with Gasteiger partial charge in [0.2, 0.25) is 5.91 Å². The number of carbonyl (C=O) groups excluding carboxylic acids is 1. The average Bonchev–Trinajstić information content (AvgIpc) is 2.73. The van der Waals surface area contributed by atoms with Crippen LogP contribution in [0.1, 0.15) is 16.8 Å². The van der Waals surface area contributed by atoms with Gasteiger partial charge in [0.1, 0.15) is 11.0 Å². The Morgan fingerprint density at radius 3 is 2.89 bits per heavy atom. The zero-order chi connectivity index (χ0) is 13.5. The molecular formula is C10H15N3O3S2. The molecule has 0 spiro atoms. The fourth-order valence-electron chi connectivity index (χ4n) is 1.25. The van der Waals surface area contributed by atoms with Gasteiger partial charge in [-0.1, -0.05) is 11.9 Å². The van der Waals surface area contributed by atoms with Crippen LogP contribution in [0, 0.1) is 0 Å². The summed E-state index contributed by atoms with van der Waals surface area (Å²) >= 11 is 2.68. The zero-order valence-electron chi connectivity index (χ0n) is 10.1. The van der Waals surface area contributed by atoms with Crippen LogP contribution in [0.15, 0.2) is 6.20 Å². The normalized spacial score (nSPS) is 12.1. The Balaban J connectivity index is 2.56. The Kier molecular flexibility index (Phi) is 6.10. The molecule has 0 saturated carbocycles. The van der Waals surface area contributed by atoms with Crippen molar-refractivity contribution in [3.8, 4) is 0 Å². The van der Waals surface area contributed by atoms with E-state index in [1.807, 2.05) is 0 Å². The number of carboxylic acid groups (broad SMARTS) is 1. The fraction of sp³-hybridized carbons (Fsp3) is 0.500. The number of carboxylic acids is 1. The largest absolute Gasteiger partial charge is 0.480 e. The Hall–Kier alpha value is -1.12. The van der Waals surface area contributed by atoms with Gasteiger partial charge in [-0.05, 0) is 6.26 Å². The van der Waals surface area contributed by atoms with Crippen molar-refractivity contribution in [2.75, 3.05) is 6.26 Å². The SMILES string of the molecule is CSNC(Cc1cnc(CNC(C)=O)s1)C(=O)O. The maximum Gasteiger partial charge on any atom is 0.321 e. The molecule has 1 unspecified atom stereocenters. The van der Waals surface area contributed by atoms with Crippen LogP contribution >= 0.6 is 23.3 Å². The van der Waals surface area contributed by atoms with Crippen molar-refractivity contribution in [2.45, 2.75) is 25.9 Å². The lowest BCUT2D eigenvalue weighted by molar-refractivity contribution is -0.138. The third-order valence-corrected chi connectivity index (χ3v) is 3.59. The van der Waals surface area contributed by atoms with Gasteiger partial charge in [0.15, 0.2) is 0 Å². The van der Waals surface area contributed by atoms with Crippen molar-refractivity contribution in [2.24, 2.45) is 0 Å². The van der Waals surface area contributed by atoms with Crippen LogP contribution in [0.5, 0.6) is 0 Å². The molecule has 1 heterocycles. The molecule has 0 fully saturated rings. The highest BCUT2D eigenvalue weighted by Gasteiger charge is 2.18. The second kappa shape index (κ2) is 7.34. The highest BCUT2D eigenvalue weighted by atomic mass is 32.2. The standard InChI is InChI=1S/C10H15N3O3S2/c1-6(14)11-5-9-12-4-7(18-9)3-8(10(15)16)13-17-2/h4,8,13H,3,5H2,1-2H3,(H,11,14)(H,15,16).